The van der Waals surface area contributed by atoms with E-state index in [1.54, 1.807) is 25.3 Å². The van der Waals surface area contributed by atoms with Gasteiger partial charge in [0.1, 0.15) is 5.75 Å². The summed E-state index contributed by atoms with van der Waals surface area (Å²) in [6.07, 6.45) is 2.88. The minimum absolute atomic E-state index is 0.0628. The van der Waals surface area contributed by atoms with Crippen LogP contribution in [0.5, 0.6) is 5.75 Å². The maximum absolute atomic E-state index is 12.6. The van der Waals surface area contributed by atoms with Gasteiger partial charge in [0.2, 0.25) is 5.91 Å². The number of amides is 1. The smallest absolute Gasteiger partial charge is 0.238 e. The molecule has 2 heterocycles. The molecule has 0 aliphatic carbocycles. The second-order valence-electron chi connectivity index (χ2n) is 8.18. The fourth-order valence-corrected chi connectivity index (χ4v) is 4.70. The van der Waals surface area contributed by atoms with Crippen LogP contribution < -0.4 is 10.1 Å². The van der Waals surface area contributed by atoms with Gasteiger partial charge in [-0.05, 0) is 43.0 Å². The molecular weight excluding hydrogens is 416 g/mol. The van der Waals surface area contributed by atoms with E-state index in [4.69, 9.17) is 25.8 Å². The van der Waals surface area contributed by atoms with Crippen LogP contribution in [0.25, 0.3) is 0 Å². The molecule has 6 nitrogen and oxygen atoms in total. The van der Waals surface area contributed by atoms with Crippen molar-refractivity contribution in [1.29, 1.82) is 0 Å². The van der Waals surface area contributed by atoms with Gasteiger partial charge >= 0.3 is 0 Å². The fourth-order valence-electron chi connectivity index (χ4n) is 4.44. The Balaban J connectivity index is 1.36. The number of halogens is 1. The zero-order valence-electron chi connectivity index (χ0n) is 17.8. The number of hydrogen-bond donors (Lipinski definition) is 1. The van der Waals surface area contributed by atoms with Gasteiger partial charge in [-0.3, -0.25) is 9.69 Å². The van der Waals surface area contributed by atoms with Crippen molar-refractivity contribution in [3.05, 3.63) is 59.1 Å². The van der Waals surface area contributed by atoms with E-state index in [0.29, 0.717) is 36.2 Å². The van der Waals surface area contributed by atoms with Gasteiger partial charge in [0.25, 0.3) is 0 Å². The number of carbonyl (C=O) groups is 1. The molecule has 1 N–H and O–H groups in total. The highest BCUT2D eigenvalue weighted by atomic mass is 35.5. The molecule has 0 bridgehead atoms. The maximum Gasteiger partial charge on any atom is 0.238 e. The van der Waals surface area contributed by atoms with Gasteiger partial charge in [0.15, 0.2) is 0 Å². The summed E-state index contributed by atoms with van der Waals surface area (Å²) in [6.45, 7) is 3.10. The molecule has 1 amide bonds. The molecule has 2 aromatic rings. The first-order valence-corrected chi connectivity index (χ1v) is 11.1. The standard InChI is InChI=1S/C24H29ClN2O4/c1-29-21-9-8-19(14-20(21)25)26-23(28)16-27-12-11-24(10-5-13-31-24)22(15-27)30-17-18-6-3-2-4-7-18/h2-4,6-9,14,22H,5,10-13,15-17H2,1H3,(H,26,28)/t22-,24-/m0/s1. The Hall–Kier alpha value is -2.12. The van der Waals surface area contributed by atoms with Crippen molar-refractivity contribution < 1.29 is 19.0 Å². The number of nitrogens with one attached hydrogen (secondary N) is 1. The van der Waals surface area contributed by atoms with Gasteiger partial charge in [0, 0.05) is 25.4 Å². The summed E-state index contributed by atoms with van der Waals surface area (Å²) in [4.78, 5) is 14.8. The predicted molar refractivity (Wildman–Crippen MR) is 121 cm³/mol. The molecule has 2 aromatic carbocycles. The van der Waals surface area contributed by atoms with Crippen molar-refractivity contribution in [1.82, 2.24) is 4.90 Å². The van der Waals surface area contributed by atoms with Crippen molar-refractivity contribution in [2.24, 2.45) is 0 Å². The highest BCUT2D eigenvalue weighted by molar-refractivity contribution is 6.32. The molecule has 4 rings (SSSR count). The molecule has 31 heavy (non-hydrogen) atoms. The van der Waals surface area contributed by atoms with E-state index in [-0.39, 0.29) is 17.6 Å². The van der Waals surface area contributed by atoms with Crippen LogP contribution in [0, 0.1) is 0 Å². The molecule has 2 aliphatic heterocycles. The normalized spacial score (nSPS) is 23.7. The molecule has 2 fully saturated rings. The second kappa shape index (κ2) is 10.0. The third kappa shape index (κ3) is 5.39. The van der Waals surface area contributed by atoms with E-state index in [1.807, 2.05) is 18.2 Å². The number of anilines is 1. The zero-order valence-corrected chi connectivity index (χ0v) is 18.6. The topological polar surface area (TPSA) is 60.0 Å². The summed E-state index contributed by atoms with van der Waals surface area (Å²) < 4.78 is 17.7. The summed E-state index contributed by atoms with van der Waals surface area (Å²) in [5.74, 6) is 0.502. The largest absolute Gasteiger partial charge is 0.495 e. The number of nitrogens with zero attached hydrogens (tertiary/aromatic N) is 1. The van der Waals surface area contributed by atoms with E-state index in [0.717, 1.165) is 38.0 Å². The first-order chi connectivity index (χ1) is 15.1. The Morgan fingerprint density at radius 2 is 2.10 bits per heavy atom. The summed E-state index contributed by atoms with van der Waals surface area (Å²) in [5, 5.41) is 3.39. The Bertz CT molecular complexity index is 886. The van der Waals surface area contributed by atoms with Crippen LogP contribution in [0.2, 0.25) is 5.02 Å². The molecule has 7 heteroatoms. The zero-order chi connectivity index (χ0) is 21.7. The number of piperidine rings is 1. The average Bonchev–Trinajstić information content (AvgIpc) is 3.24. The molecule has 1 spiro atoms. The summed E-state index contributed by atoms with van der Waals surface area (Å²) in [6, 6.07) is 15.4. The monoisotopic (exact) mass is 444 g/mol. The molecule has 0 radical (unpaired) electrons. The van der Waals surface area contributed by atoms with Crippen LogP contribution in [-0.2, 0) is 20.9 Å². The first kappa shape index (κ1) is 22.1. The molecule has 2 aliphatic rings. The van der Waals surface area contributed by atoms with E-state index in [9.17, 15) is 4.79 Å². The predicted octanol–water partition coefficient (Wildman–Crippen LogP) is 4.13. The fraction of sp³-hybridized carbons (Fsp3) is 0.458. The number of benzene rings is 2. The third-order valence-electron chi connectivity index (χ3n) is 6.09. The van der Waals surface area contributed by atoms with Crippen molar-refractivity contribution in [2.45, 2.75) is 37.6 Å². The average molecular weight is 445 g/mol. The van der Waals surface area contributed by atoms with Crippen LogP contribution in [0.3, 0.4) is 0 Å². The maximum atomic E-state index is 12.6. The molecule has 0 aromatic heterocycles. The van der Waals surface area contributed by atoms with Gasteiger partial charge in [-0.25, -0.2) is 0 Å². The minimum atomic E-state index is -0.231. The van der Waals surface area contributed by atoms with Crippen LogP contribution in [0.4, 0.5) is 5.69 Å². The number of ether oxygens (including phenoxy) is 3. The molecule has 2 saturated heterocycles. The summed E-state index contributed by atoms with van der Waals surface area (Å²) in [7, 11) is 1.56. The van der Waals surface area contributed by atoms with Crippen molar-refractivity contribution in [2.75, 3.05) is 38.7 Å². The number of hydrogen-bond acceptors (Lipinski definition) is 5. The van der Waals surface area contributed by atoms with E-state index in [2.05, 4.69) is 22.3 Å². The quantitative estimate of drug-likeness (QED) is 0.695. The van der Waals surface area contributed by atoms with Crippen LogP contribution in [-0.4, -0.2) is 55.9 Å². The lowest BCUT2D eigenvalue weighted by Crippen LogP contribution is -2.57. The number of likely N-dealkylation sites (tertiary alicyclic amines) is 1. The Kier molecular flexibility index (Phi) is 7.13. The van der Waals surface area contributed by atoms with Crippen molar-refractivity contribution >= 4 is 23.2 Å². The Morgan fingerprint density at radius 1 is 1.26 bits per heavy atom. The Morgan fingerprint density at radius 3 is 2.81 bits per heavy atom. The summed E-state index contributed by atoms with van der Waals surface area (Å²) >= 11 is 6.16. The van der Waals surface area contributed by atoms with Crippen LogP contribution >= 0.6 is 11.6 Å². The molecular formula is C24H29ClN2O4. The lowest BCUT2D eigenvalue weighted by atomic mass is 9.85. The molecule has 0 saturated carbocycles. The lowest BCUT2D eigenvalue weighted by Gasteiger charge is -2.44. The lowest BCUT2D eigenvalue weighted by molar-refractivity contribution is -0.159. The van der Waals surface area contributed by atoms with Crippen molar-refractivity contribution in [3.63, 3.8) is 0 Å². The van der Waals surface area contributed by atoms with E-state index in [1.165, 1.54) is 0 Å². The SMILES string of the molecule is COc1ccc(NC(=O)CN2CC[C@@]3(CCCO3)[C@@H](OCc3ccccc3)C2)cc1Cl. The van der Waals surface area contributed by atoms with Gasteiger partial charge < -0.3 is 19.5 Å². The highest BCUT2D eigenvalue weighted by Crippen LogP contribution is 2.38. The minimum Gasteiger partial charge on any atom is -0.495 e. The second-order valence-corrected chi connectivity index (χ2v) is 8.59. The van der Waals surface area contributed by atoms with Gasteiger partial charge in [-0.2, -0.15) is 0 Å². The number of carbonyl (C=O) groups excluding carboxylic acids is 1. The van der Waals surface area contributed by atoms with Gasteiger partial charge in [-0.15, -0.1) is 0 Å². The van der Waals surface area contributed by atoms with E-state index < -0.39 is 0 Å². The highest BCUT2D eigenvalue weighted by Gasteiger charge is 2.47. The molecule has 0 unspecified atom stereocenters. The molecule has 166 valence electrons. The Labute approximate surface area is 188 Å². The van der Waals surface area contributed by atoms with Crippen molar-refractivity contribution in [3.8, 4) is 5.75 Å². The summed E-state index contributed by atoms with van der Waals surface area (Å²) in [5.41, 5.74) is 1.56. The van der Waals surface area contributed by atoms with E-state index >= 15 is 0 Å². The van der Waals surface area contributed by atoms with Crippen LogP contribution in [0.1, 0.15) is 24.8 Å². The first-order valence-electron chi connectivity index (χ1n) is 10.7. The van der Waals surface area contributed by atoms with Gasteiger partial charge in [0.05, 0.1) is 37.0 Å². The molecule has 2 atom stereocenters. The van der Waals surface area contributed by atoms with Gasteiger partial charge in [-0.1, -0.05) is 41.9 Å². The third-order valence-corrected chi connectivity index (χ3v) is 6.39. The van der Waals surface area contributed by atoms with Crippen LogP contribution in [0.15, 0.2) is 48.5 Å². The number of methoxy groups -OCH3 is 1. The number of rotatable bonds is 7.